The fourth-order valence-electron chi connectivity index (χ4n) is 5.57. The van der Waals surface area contributed by atoms with Crippen LogP contribution in [0.2, 0.25) is 0 Å². The highest BCUT2D eigenvalue weighted by molar-refractivity contribution is 7.80. The first kappa shape index (κ1) is 24.5. The van der Waals surface area contributed by atoms with E-state index in [9.17, 15) is 26.3 Å². The Hall–Kier alpha value is -1.59. The summed E-state index contributed by atoms with van der Waals surface area (Å²) < 4.78 is 78.9. The van der Waals surface area contributed by atoms with E-state index >= 15 is 0 Å². The van der Waals surface area contributed by atoms with E-state index in [1.165, 1.54) is 0 Å². The smallest absolute Gasteiger partial charge is 0.359 e. The van der Waals surface area contributed by atoms with E-state index in [4.69, 9.17) is 12.2 Å². The molecule has 0 aromatic heterocycles. The third kappa shape index (κ3) is 5.74. The summed E-state index contributed by atoms with van der Waals surface area (Å²) in [7, 11) is 2.10. The van der Waals surface area contributed by atoms with Gasteiger partial charge in [0.25, 0.3) is 0 Å². The van der Waals surface area contributed by atoms with Crippen molar-refractivity contribution in [3.05, 3.63) is 29.3 Å². The molecule has 184 valence electrons. The summed E-state index contributed by atoms with van der Waals surface area (Å²) in [5.41, 5.74) is -3.06. The van der Waals surface area contributed by atoms with E-state index < -0.39 is 23.5 Å². The number of anilines is 1. The second kappa shape index (κ2) is 9.22. The van der Waals surface area contributed by atoms with Crippen molar-refractivity contribution in [1.29, 1.82) is 0 Å². The largest absolute Gasteiger partial charge is 0.416 e. The Balaban J connectivity index is 1.45. The highest BCUT2D eigenvalue weighted by atomic mass is 32.1. The Morgan fingerprint density at radius 2 is 1.52 bits per heavy atom. The fourth-order valence-corrected chi connectivity index (χ4v) is 5.83. The minimum Gasteiger partial charge on any atom is -0.359 e. The van der Waals surface area contributed by atoms with E-state index in [-0.39, 0.29) is 22.9 Å². The molecule has 11 heteroatoms. The van der Waals surface area contributed by atoms with Crippen LogP contribution in [-0.4, -0.2) is 60.7 Å². The highest BCUT2D eigenvalue weighted by Gasteiger charge is 2.48. The summed E-state index contributed by atoms with van der Waals surface area (Å²) in [6.07, 6.45) is -6.49. The van der Waals surface area contributed by atoms with E-state index in [0.29, 0.717) is 29.9 Å². The third-order valence-corrected chi connectivity index (χ3v) is 7.52. The molecule has 0 unspecified atom stereocenters. The lowest BCUT2D eigenvalue weighted by molar-refractivity contribution is -0.143. The van der Waals surface area contributed by atoms with Gasteiger partial charge >= 0.3 is 12.4 Å². The van der Waals surface area contributed by atoms with Gasteiger partial charge in [-0.15, -0.1) is 0 Å². The molecule has 1 heterocycles. The Morgan fingerprint density at radius 3 is 2.09 bits per heavy atom. The summed E-state index contributed by atoms with van der Waals surface area (Å²) in [4.78, 5) is 4.73. The van der Waals surface area contributed by atoms with Crippen molar-refractivity contribution < 1.29 is 26.3 Å². The lowest BCUT2D eigenvalue weighted by Crippen LogP contribution is -2.52. The van der Waals surface area contributed by atoms with Crippen LogP contribution in [0.3, 0.4) is 0 Å². The van der Waals surface area contributed by atoms with Crippen LogP contribution in [0.1, 0.15) is 30.4 Å². The SMILES string of the molecule is CN1CCN(C[C@H]2[C@H]3CC[C@H](C3)[C@H]2NC(=S)Nc2cc(C(F)(F)F)cc(C(F)(F)F)c2)CC1. The molecular formula is C22H28F6N4S. The number of hydrogen-bond acceptors (Lipinski definition) is 3. The monoisotopic (exact) mass is 494 g/mol. The summed E-state index contributed by atoms with van der Waals surface area (Å²) in [6.45, 7) is 4.93. The second-order valence-electron chi connectivity index (χ2n) is 9.52. The predicted molar refractivity (Wildman–Crippen MR) is 118 cm³/mol. The fraction of sp³-hybridized carbons (Fsp3) is 0.682. The summed E-state index contributed by atoms with van der Waals surface area (Å²) in [5, 5.41) is 5.89. The van der Waals surface area contributed by atoms with Gasteiger partial charge in [0.15, 0.2) is 5.11 Å². The van der Waals surface area contributed by atoms with E-state index in [2.05, 4.69) is 27.5 Å². The molecule has 3 fully saturated rings. The molecule has 0 radical (unpaired) electrons. The van der Waals surface area contributed by atoms with Gasteiger partial charge in [0.2, 0.25) is 0 Å². The van der Waals surface area contributed by atoms with Crippen molar-refractivity contribution in [2.24, 2.45) is 17.8 Å². The van der Waals surface area contributed by atoms with Crippen molar-refractivity contribution in [3.8, 4) is 0 Å². The zero-order chi connectivity index (χ0) is 24.0. The van der Waals surface area contributed by atoms with Gasteiger partial charge in [-0.1, -0.05) is 0 Å². The van der Waals surface area contributed by atoms with Crippen molar-refractivity contribution in [2.75, 3.05) is 45.1 Å². The lowest BCUT2D eigenvalue weighted by Gasteiger charge is -2.39. The molecule has 2 bridgehead atoms. The van der Waals surface area contributed by atoms with Crippen LogP contribution in [0.15, 0.2) is 18.2 Å². The molecular weight excluding hydrogens is 466 g/mol. The number of rotatable bonds is 4. The quantitative estimate of drug-likeness (QED) is 0.469. The van der Waals surface area contributed by atoms with E-state index in [1.54, 1.807) is 0 Å². The minimum atomic E-state index is -4.90. The zero-order valence-electron chi connectivity index (χ0n) is 18.3. The maximum absolute atomic E-state index is 13.1. The standard InChI is InChI=1S/C22H28F6N4S/c1-31-4-6-32(7-5-31)12-18-13-2-3-14(8-13)19(18)30-20(33)29-17-10-15(21(23,24)25)9-16(11-17)22(26,27)28/h9-11,13-14,18-19H,2-8,12H2,1H3,(H2,29,30,33)/t13-,14+,18-,19+/m0/s1. The first-order valence-corrected chi connectivity index (χ1v) is 11.6. The molecule has 33 heavy (non-hydrogen) atoms. The lowest BCUT2D eigenvalue weighted by atomic mass is 9.84. The molecule has 1 aromatic carbocycles. The van der Waals surface area contributed by atoms with Gasteiger partial charge in [0, 0.05) is 44.5 Å². The van der Waals surface area contributed by atoms with Gasteiger partial charge in [-0.25, -0.2) is 0 Å². The van der Waals surface area contributed by atoms with Gasteiger partial charge in [0.05, 0.1) is 11.1 Å². The molecule has 2 N–H and O–H groups in total. The maximum Gasteiger partial charge on any atom is 0.416 e. The summed E-state index contributed by atoms with van der Waals surface area (Å²) in [5.74, 6) is 1.35. The first-order chi connectivity index (χ1) is 15.4. The van der Waals surface area contributed by atoms with Crippen molar-refractivity contribution in [3.63, 3.8) is 0 Å². The number of piperazine rings is 1. The molecule has 2 aliphatic carbocycles. The Morgan fingerprint density at radius 1 is 0.939 bits per heavy atom. The third-order valence-electron chi connectivity index (χ3n) is 7.30. The molecule has 1 aliphatic heterocycles. The molecule has 4 atom stereocenters. The van der Waals surface area contributed by atoms with E-state index in [1.807, 2.05) is 0 Å². The Labute approximate surface area is 194 Å². The molecule has 4 nitrogen and oxygen atoms in total. The maximum atomic E-state index is 13.1. The zero-order valence-corrected chi connectivity index (χ0v) is 19.1. The van der Waals surface area contributed by atoms with E-state index in [0.717, 1.165) is 52.0 Å². The molecule has 0 spiro atoms. The van der Waals surface area contributed by atoms with Gasteiger partial charge < -0.3 is 20.4 Å². The molecule has 1 aromatic rings. The van der Waals surface area contributed by atoms with Gasteiger partial charge in [-0.3, -0.25) is 0 Å². The Kier molecular flexibility index (Phi) is 6.85. The number of benzene rings is 1. The Bertz CT molecular complexity index is 833. The number of nitrogens with zero attached hydrogens (tertiary/aromatic N) is 2. The molecule has 1 saturated heterocycles. The summed E-state index contributed by atoms with van der Waals surface area (Å²) >= 11 is 5.33. The second-order valence-corrected chi connectivity index (χ2v) is 9.93. The van der Waals surface area contributed by atoms with Gasteiger partial charge in [-0.2, -0.15) is 26.3 Å². The number of hydrogen-bond donors (Lipinski definition) is 2. The number of thiocarbonyl (C=S) groups is 1. The number of alkyl halides is 6. The van der Waals surface area contributed by atoms with Crippen LogP contribution in [0.5, 0.6) is 0 Å². The van der Waals surface area contributed by atoms with Crippen LogP contribution in [0.4, 0.5) is 32.0 Å². The summed E-state index contributed by atoms with van der Waals surface area (Å²) in [6, 6.07) is 1.50. The number of halogens is 6. The molecule has 0 amide bonds. The topological polar surface area (TPSA) is 30.5 Å². The van der Waals surface area contributed by atoms with Crippen LogP contribution in [-0.2, 0) is 12.4 Å². The van der Waals surface area contributed by atoms with Crippen LogP contribution < -0.4 is 10.6 Å². The van der Waals surface area contributed by atoms with Crippen molar-refractivity contribution >= 4 is 23.0 Å². The van der Waals surface area contributed by atoms with Gasteiger partial charge in [0.1, 0.15) is 0 Å². The van der Waals surface area contributed by atoms with Crippen LogP contribution in [0, 0.1) is 17.8 Å². The molecule has 4 rings (SSSR count). The van der Waals surface area contributed by atoms with Crippen molar-refractivity contribution in [1.82, 2.24) is 15.1 Å². The number of nitrogens with one attached hydrogen (secondary N) is 2. The minimum absolute atomic E-state index is 0.0587. The van der Waals surface area contributed by atoms with Gasteiger partial charge in [-0.05, 0) is 74.5 Å². The average Bonchev–Trinajstić information content (AvgIpc) is 3.31. The molecule has 3 aliphatic rings. The molecule has 2 saturated carbocycles. The number of fused-ring (bicyclic) bond motifs is 2. The van der Waals surface area contributed by atoms with Crippen LogP contribution in [0.25, 0.3) is 0 Å². The first-order valence-electron chi connectivity index (χ1n) is 11.2. The average molecular weight is 495 g/mol. The predicted octanol–water partition coefficient (Wildman–Crippen LogP) is 4.67. The highest BCUT2D eigenvalue weighted by Crippen LogP contribution is 2.49. The number of likely N-dealkylation sites (N-methyl/N-ethyl adjacent to an activating group) is 1. The normalized spacial score (nSPS) is 28.8. The van der Waals surface area contributed by atoms with Crippen molar-refractivity contribution in [2.45, 2.75) is 37.7 Å². The van der Waals surface area contributed by atoms with Crippen LogP contribution >= 0.6 is 12.2 Å².